The van der Waals surface area contributed by atoms with E-state index in [-0.39, 0.29) is 58.2 Å². The molecule has 0 saturated carbocycles. The lowest BCUT2D eigenvalue weighted by molar-refractivity contribution is -0.118. The van der Waals surface area contributed by atoms with Crippen LogP contribution in [0.4, 0.5) is 11.4 Å². The highest BCUT2D eigenvalue weighted by molar-refractivity contribution is 5.99. The van der Waals surface area contributed by atoms with Crippen LogP contribution in [0.2, 0.25) is 0 Å². The van der Waals surface area contributed by atoms with Crippen LogP contribution in [-0.2, 0) is 29.1 Å². The SMILES string of the molecule is COc1ccc(CC(=O)Nc2cc(C(=O)O)cc(C(=O)O)c2)cc1.O=C(COc1ccccc1)Nc1ccc(C(=O)Oc2ccccc2)c(O)c1.O=C(O)c1ccc(CNCc2ccc(C(=O)O)cc2)cc1. The highest BCUT2D eigenvalue weighted by Gasteiger charge is 2.16. The minimum absolute atomic E-state index is 0.00242. The second-order valence-electron chi connectivity index (χ2n) is 15.2. The van der Waals surface area contributed by atoms with E-state index >= 15 is 0 Å². The summed E-state index contributed by atoms with van der Waals surface area (Å²) >= 11 is 0. The number of aromatic carboxylic acids is 4. The summed E-state index contributed by atoms with van der Waals surface area (Å²) in [6.45, 7) is 1.05. The highest BCUT2D eigenvalue weighted by Crippen LogP contribution is 2.24. The monoisotopic (exact) mass is 977 g/mol. The van der Waals surface area contributed by atoms with Crippen LogP contribution < -0.4 is 30.2 Å². The van der Waals surface area contributed by atoms with Crippen molar-refractivity contribution >= 4 is 53.0 Å². The van der Waals surface area contributed by atoms with E-state index in [9.17, 15) is 38.7 Å². The number of carbonyl (C=O) groups is 7. The van der Waals surface area contributed by atoms with Gasteiger partial charge in [-0.2, -0.15) is 0 Å². The Morgan fingerprint density at radius 2 is 0.931 bits per heavy atom. The van der Waals surface area contributed by atoms with E-state index in [1.54, 1.807) is 127 Å². The van der Waals surface area contributed by atoms with E-state index in [2.05, 4.69) is 16.0 Å². The second-order valence-corrected chi connectivity index (χ2v) is 15.2. The summed E-state index contributed by atoms with van der Waals surface area (Å²) in [6, 6.07) is 45.3. The van der Waals surface area contributed by atoms with Crippen molar-refractivity contribution in [3.8, 4) is 23.0 Å². The van der Waals surface area contributed by atoms with Gasteiger partial charge in [0, 0.05) is 30.5 Å². The lowest BCUT2D eigenvalue weighted by atomic mass is 10.1. The molecular formula is C54H47N3O15. The maximum absolute atomic E-state index is 12.1. The fourth-order valence-corrected chi connectivity index (χ4v) is 6.26. The van der Waals surface area contributed by atoms with Crippen molar-refractivity contribution in [3.63, 3.8) is 0 Å². The Morgan fingerprint density at radius 3 is 1.40 bits per heavy atom. The summed E-state index contributed by atoms with van der Waals surface area (Å²) < 4.78 is 15.6. The fraction of sp³-hybridized carbons (Fsp3) is 0.0926. The van der Waals surface area contributed by atoms with Crippen LogP contribution >= 0.6 is 0 Å². The van der Waals surface area contributed by atoms with Crippen molar-refractivity contribution in [1.29, 1.82) is 0 Å². The molecule has 0 bridgehead atoms. The van der Waals surface area contributed by atoms with Crippen molar-refractivity contribution in [2.45, 2.75) is 19.5 Å². The summed E-state index contributed by atoms with van der Waals surface area (Å²) in [5.41, 5.74) is 3.27. The number of aromatic hydroxyl groups is 1. The first-order valence-electron chi connectivity index (χ1n) is 21.5. The molecule has 0 aliphatic rings. The number of phenols is 1. The summed E-state index contributed by atoms with van der Waals surface area (Å²) in [7, 11) is 1.54. The zero-order chi connectivity index (χ0) is 52.0. The van der Waals surface area contributed by atoms with Crippen molar-refractivity contribution < 1.29 is 73.3 Å². The molecule has 0 heterocycles. The quantitative estimate of drug-likeness (QED) is 0.0296. The largest absolute Gasteiger partial charge is 0.507 e. The molecule has 7 aromatic rings. The van der Waals surface area contributed by atoms with E-state index in [4.69, 9.17) is 34.6 Å². The molecule has 0 radical (unpaired) electrons. The van der Waals surface area contributed by atoms with E-state index in [0.717, 1.165) is 22.8 Å². The predicted molar refractivity (Wildman–Crippen MR) is 263 cm³/mol. The predicted octanol–water partition coefficient (Wildman–Crippen LogP) is 8.27. The van der Waals surface area contributed by atoms with Gasteiger partial charge in [0.05, 0.1) is 35.8 Å². The zero-order valence-corrected chi connectivity index (χ0v) is 38.3. The van der Waals surface area contributed by atoms with Crippen LogP contribution in [0.15, 0.2) is 170 Å². The third-order valence-electron chi connectivity index (χ3n) is 9.86. The molecule has 18 nitrogen and oxygen atoms in total. The van der Waals surface area contributed by atoms with E-state index in [1.165, 1.54) is 37.4 Å². The lowest BCUT2D eigenvalue weighted by Gasteiger charge is -2.10. The summed E-state index contributed by atoms with van der Waals surface area (Å²) in [5.74, 6) is -4.57. The molecule has 72 heavy (non-hydrogen) atoms. The molecule has 0 aliphatic heterocycles. The number of hydrogen-bond donors (Lipinski definition) is 8. The molecule has 7 rings (SSSR count). The molecule has 0 spiro atoms. The Bertz CT molecular complexity index is 2890. The third-order valence-corrected chi connectivity index (χ3v) is 9.86. The number of phenolic OH excluding ortho intramolecular Hbond substituents is 1. The molecule has 18 heteroatoms. The smallest absolute Gasteiger partial charge is 0.347 e. The van der Waals surface area contributed by atoms with E-state index in [0.29, 0.717) is 36.0 Å². The van der Waals surface area contributed by atoms with Gasteiger partial charge in [0.2, 0.25) is 5.91 Å². The molecule has 0 fully saturated rings. The van der Waals surface area contributed by atoms with Crippen molar-refractivity contribution in [2.24, 2.45) is 0 Å². The van der Waals surface area contributed by atoms with Gasteiger partial charge in [-0.05, 0) is 108 Å². The van der Waals surface area contributed by atoms with E-state index < -0.39 is 35.8 Å². The molecule has 0 unspecified atom stereocenters. The molecule has 0 aromatic heterocycles. The molecule has 8 N–H and O–H groups in total. The number of carbonyl (C=O) groups excluding carboxylic acids is 3. The number of para-hydroxylation sites is 2. The van der Waals surface area contributed by atoms with Crippen LogP contribution in [0.3, 0.4) is 0 Å². The van der Waals surface area contributed by atoms with Gasteiger partial charge < -0.3 is 55.7 Å². The number of esters is 1. The number of amides is 2. The van der Waals surface area contributed by atoms with Crippen molar-refractivity contribution in [2.75, 3.05) is 24.4 Å². The van der Waals surface area contributed by atoms with Crippen molar-refractivity contribution in [3.05, 3.63) is 214 Å². The number of carboxylic acid groups (broad SMARTS) is 4. The number of rotatable bonds is 18. The van der Waals surface area contributed by atoms with Crippen molar-refractivity contribution in [1.82, 2.24) is 5.32 Å². The number of carboxylic acids is 4. The lowest BCUT2D eigenvalue weighted by Crippen LogP contribution is -2.20. The number of hydrogen-bond acceptors (Lipinski definition) is 12. The first-order chi connectivity index (χ1) is 34.6. The van der Waals surface area contributed by atoms with Crippen LogP contribution in [0, 0.1) is 0 Å². The number of anilines is 2. The minimum Gasteiger partial charge on any atom is -0.507 e. The normalized spacial score (nSPS) is 10.1. The third kappa shape index (κ3) is 17.4. The molecule has 2 amide bonds. The Kier molecular flexibility index (Phi) is 19.7. The molecular weight excluding hydrogens is 931 g/mol. The number of nitrogens with one attached hydrogen (secondary N) is 3. The Hall–Kier alpha value is -9.81. The maximum atomic E-state index is 12.1. The van der Waals surface area contributed by atoms with Gasteiger partial charge in [-0.1, -0.05) is 72.8 Å². The van der Waals surface area contributed by atoms with Crippen LogP contribution in [0.25, 0.3) is 0 Å². The molecule has 0 saturated heterocycles. The minimum atomic E-state index is -1.27. The van der Waals surface area contributed by atoms with Gasteiger partial charge in [0.25, 0.3) is 5.91 Å². The summed E-state index contributed by atoms with van der Waals surface area (Å²) in [5, 5.41) is 54.0. The average Bonchev–Trinajstić information content (AvgIpc) is 3.37. The van der Waals surface area contributed by atoms with Gasteiger partial charge in [0.15, 0.2) is 6.61 Å². The standard InChI is InChI=1S/C21H17NO5.C17H15NO6.C16H15NO4/c23-19-13-15(22-20(24)14-26-16-7-3-1-4-8-16)11-12-18(19)21(25)27-17-9-5-2-6-10-17;1-24-14-4-2-10(3-5-14)6-15(19)18-13-8-11(16(20)21)7-12(9-13)17(22)23;18-15(19)13-5-1-11(2-6-13)9-17-10-12-3-7-14(8-4-12)16(20)21/h1-13,23H,14H2,(H,22,24);2-5,7-9H,6H2,1H3,(H,18,19)(H,20,21)(H,22,23);1-8,17H,9-10H2,(H,18,19)(H,20,21). The Morgan fingerprint density at radius 1 is 0.458 bits per heavy atom. The number of benzene rings is 7. The number of ether oxygens (including phenoxy) is 3. The van der Waals surface area contributed by atoms with Gasteiger partial charge in [-0.3, -0.25) is 9.59 Å². The summed E-state index contributed by atoms with van der Waals surface area (Å²) in [4.78, 5) is 79.7. The van der Waals surface area contributed by atoms with Crippen LogP contribution in [0.5, 0.6) is 23.0 Å². The van der Waals surface area contributed by atoms with E-state index in [1.807, 2.05) is 6.07 Å². The van der Waals surface area contributed by atoms with Gasteiger partial charge in [-0.15, -0.1) is 0 Å². The second kappa shape index (κ2) is 26.7. The van der Waals surface area contributed by atoms with Gasteiger partial charge >= 0.3 is 29.8 Å². The first-order valence-corrected chi connectivity index (χ1v) is 21.5. The Labute approximate surface area is 411 Å². The Balaban J connectivity index is 0.000000202. The number of methoxy groups -OCH3 is 1. The average molecular weight is 978 g/mol. The van der Waals surface area contributed by atoms with Crippen LogP contribution in [-0.4, -0.2) is 80.9 Å². The van der Waals surface area contributed by atoms with Gasteiger partial charge in [-0.25, -0.2) is 24.0 Å². The zero-order valence-electron chi connectivity index (χ0n) is 38.3. The fourth-order valence-electron chi connectivity index (χ4n) is 6.26. The van der Waals surface area contributed by atoms with Gasteiger partial charge in [0.1, 0.15) is 28.6 Å². The topological polar surface area (TPSA) is 284 Å². The molecule has 0 atom stereocenters. The first kappa shape index (κ1) is 53.1. The maximum Gasteiger partial charge on any atom is 0.347 e. The molecule has 7 aromatic carbocycles. The molecule has 0 aliphatic carbocycles. The molecule has 368 valence electrons. The highest BCUT2D eigenvalue weighted by atomic mass is 16.5. The summed E-state index contributed by atoms with van der Waals surface area (Å²) in [6.07, 6.45) is 0.0592. The van der Waals surface area contributed by atoms with Crippen LogP contribution in [0.1, 0.15) is 68.5 Å².